The molecule has 0 fully saturated rings. The number of likely N-dealkylation sites (N-methyl/N-ethyl adjacent to an activating group) is 2. The molecule has 6 nitrogen and oxygen atoms in total. The van der Waals surface area contributed by atoms with Gasteiger partial charge in [0.1, 0.15) is 6.17 Å². The molecule has 0 heterocycles. The summed E-state index contributed by atoms with van der Waals surface area (Å²) >= 11 is 0. The normalized spacial score (nSPS) is 12.7. The first-order chi connectivity index (χ1) is 14.8. The van der Waals surface area contributed by atoms with Crippen molar-refractivity contribution in [1.82, 2.24) is 21.0 Å². The summed E-state index contributed by atoms with van der Waals surface area (Å²) in [6.07, 6.45) is -2.82. The fraction of sp³-hybridized carbons (Fsp3) is 0.348. The van der Waals surface area contributed by atoms with Gasteiger partial charge in [0.05, 0.1) is 12.6 Å². The van der Waals surface area contributed by atoms with E-state index >= 15 is 0 Å². The van der Waals surface area contributed by atoms with Crippen molar-refractivity contribution in [3.05, 3.63) is 70.8 Å². The van der Waals surface area contributed by atoms with Gasteiger partial charge >= 0.3 is 0 Å². The minimum absolute atomic E-state index is 0.168. The summed E-state index contributed by atoms with van der Waals surface area (Å²) in [4.78, 5) is 14.2. The lowest BCUT2D eigenvalue weighted by atomic mass is 10.1. The van der Waals surface area contributed by atoms with Crippen LogP contribution >= 0.6 is 0 Å². The van der Waals surface area contributed by atoms with Gasteiger partial charge in [0.25, 0.3) is 12.3 Å². The van der Waals surface area contributed by atoms with E-state index in [-0.39, 0.29) is 18.5 Å². The van der Waals surface area contributed by atoms with Gasteiger partial charge in [-0.05, 0) is 55.9 Å². The standard InChI is InChI=1S/C23H28F2N4O2/c1-16(22(26-2)28-31)29(3)23(30)20-12-10-18(11-13-20)5-4-17-6-8-19(9-7-17)14-27-15-21(24)25/h6-13,16,21-22,26-28,31H,14-15H2,1-3H3. The maximum Gasteiger partial charge on any atom is 0.253 e. The minimum atomic E-state index is -2.36. The van der Waals surface area contributed by atoms with E-state index in [1.807, 2.05) is 31.2 Å². The predicted octanol–water partition coefficient (Wildman–Crippen LogP) is 2.43. The molecule has 1 amide bonds. The van der Waals surface area contributed by atoms with Crippen molar-refractivity contribution in [1.29, 1.82) is 0 Å². The highest BCUT2D eigenvalue weighted by Gasteiger charge is 2.23. The van der Waals surface area contributed by atoms with Crippen LogP contribution in [0, 0.1) is 11.8 Å². The van der Waals surface area contributed by atoms with Gasteiger partial charge in [-0.3, -0.25) is 4.79 Å². The van der Waals surface area contributed by atoms with Crippen LogP contribution in [0.4, 0.5) is 8.78 Å². The molecule has 2 rings (SSSR count). The second-order valence-electron chi connectivity index (χ2n) is 7.10. The van der Waals surface area contributed by atoms with Crippen LogP contribution in [0.1, 0.15) is 34.0 Å². The Morgan fingerprint density at radius 1 is 1.06 bits per heavy atom. The Morgan fingerprint density at radius 2 is 1.61 bits per heavy atom. The molecule has 0 aliphatic heterocycles. The summed E-state index contributed by atoms with van der Waals surface area (Å²) in [7, 11) is 3.36. The zero-order chi connectivity index (χ0) is 22.8. The number of rotatable bonds is 9. The molecule has 0 radical (unpaired) electrons. The predicted molar refractivity (Wildman–Crippen MR) is 116 cm³/mol. The number of nitrogens with zero attached hydrogens (tertiary/aromatic N) is 1. The summed E-state index contributed by atoms with van der Waals surface area (Å²) in [5.41, 5.74) is 5.14. The summed E-state index contributed by atoms with van der Waals surface area (Å²) in [5.74, 6) is 5.93. The molecular weight excluding hydrogens is 402 g/mol. The minimum Gasteiger partial charge on any atom is -0.336 e. The lowest BCUT2D eigenvalue weighted by molar-refractivity contribution is 0.0493. The summed E-state index contributed by atoms with van der Waals surface area (Å²) < 4.78 is 24.3. The number of nitrogens with one attached hydrogen (secondary N) is 3. The number of halogens is 2. The lowest BCUT2D eigenvalue weighted by Crippen LogP contribution is -2.54. The van der Waals surface area contributed by atoms with E-state index in [1.54, 1.807) is 43.3 Å². The van der Waals surface area contributed by atoms with Crippen LogP contribution in [0.3, 0.4) is 0 Å². The Hall–Kier alpha value is -2.83. The van der Waals surface area contributed by atoms with E-state index < -0.39 is 12.6 Å². The van der Waals surface area contributed by atoms with Crippen LogP contribution in [-0.4, -0.2) is 55.3 Å². The number of amides is 1. The van der Waals surface area contributed by atoms with Gasteiger partial charge in [-0.2, -0.15) is 5.48 Å². The Labute approximate surface area is 181 Å². The van der Waals surface area contributed by atoms with E-state index in [4.69, 9.17) is 5.21 Å². The van der Waals surface area contributed by atoms with Crippen LogP contribution in [-0.2, 0) is 6.54 Å². The van der Waals surface area contributed by atoms with Gasteiger partial charge in [0.15, 0.2) is 0 Å². The molecule has 0 spiro atoms. The Bertz CT molecular complexity index is 889. The molecule has 166 valence electrons. The maximum atomic E-state index is 12.7. The Balaban J connectivity index is 1.98. The second kappa shape index (κ2) is 12.1. The molecule has 31 heavy (non-hydrogen) atoms. The van der Waals surface area contributed by atoms with Gasteiger partial charge in [0, 0.05) is 30.3 Å². The third-order valence-electron chi connectivity index (χ3n) is 4.93. The van der Waals surface area contributed by atoms with Crippen molar-refractivity contribution >= 4 is 5.91 Å². The monoisotopic (exact) mass is 430 g/mol. The maximum absolute atomic E-state index is 12.7. The number of carbonyl (C=O) groups excluding carboxylic acids is 1. The lowest BCUT2D eigenvalue weighted by Gasteiger charge is -2.30. The van der Waals surface area contributed by atoms with Crippen molar-refractivity contribution in [2.24, 2.45) is 0 Å². The molecule has 8 heteroatoms. The van der Waals surface area contributed by atoms with Crippen LogP contribution in [0.5, 0.6) is 0 Å². The van der Waals surface area contributed by atoms with Gasteiger partial charge in [-0.15, -0.1) is 0 Å². The molecule has 2 unspecified atom stereocenters. The molecule has 0 aliphatic carbocycles. The topological polar surface area (TPSA) is 76.6 Å². The SMILES string of the molecule is CNC(NO)C(C)N(C)C(=O)c1ccc(C#Cc2ccc(CNCC(F)F)cc2)cc1. The average Bonchev–Trinajstić information content (AvgIpc) is 2.78. The molecule has 0 saturated heterocycles. The number of benzene rings is 2. The molecule has 2 aromatic rings. The van der Waals surface area contributed by atoms with Gasteiger partial charge in [-0.1, -0.05) is 24.0 Å². The first-order valence-corrected chi connectivity index (χ1v) is 9.89. The van der Waals surface area contributed by atoms with Crippen molar-refractivity contribution in [2.45, 2.75) is 32.1 Å². The third-order valence-corrected chi connectivity index (χ3v) is 4.93. The van der Waals surface area contributed by atoms with Crippen LogP contribution < -0.4 is 16.1 Å². The third kappa shape index (κ3) is 7.42. The smallest absolute Gasteiger partial charge is 0.253 e. The highest BCUT2D eigenvalue weighted by Crippen LogP contribution is 2.10. The number of hydroxylamine groups is 1. The van der Waals surface area contributed by atoms with Crippen molar-refractivity contribution in [3.8, 4) is 11.8 Å². The second-order valence-corrected chi connectivity index (χ2v) is 7.10. The average molecular weight is 430 g/mol. The highest BCUT2D eigenvalue weighted by atomic mass is 19.3. The van der Waals surface area contributed by atoms with Gasteiger partial charge < -0.3 is 20.7 Å². The van der Waals surface area contributed by atoms with Crippen LogP contribution in [0.2, 0.25) is 0 Å². The molecule has 0 saturated carbocycles. The summed E-state index contributed by atoms with van der Waals surface area (Å²) in [6, 6.07) is 14.1. The molecule has 0 bridgehead atoms. The van der Waals surface area contributed by atoms with Crippen LogP contribution in [0.15, 0.2) is 48.5 Å². The molecule has 2 atom stereocenters. The Kier molecular flexibility index (Phi) is 9.56. The molecule has 2 aromatic carbocycles. The van der Waals surface area contributed by atoms with Crippen LogP contribution in [0.25, 0.3) is 0 Å². The zero-order valence-electron chi connectivity index (χ0n) is 17.8. The molecule has 0 aromatic heterocycles. The fourth-order valence-electron chi connectivity index (χ4n) is 2.90. The number of carbonyl (C=O) groups is 1. The molecule has 0 aliphatic rings. The van der Waals surface area contributed by atoms with E-state index in [0.29, 0.717) is 12.1 Å². The summed E-state index contributed by atoms with van der Waals surface area (Å²) in [5, 5.41) is 14.7. The van der Waals surface area contributed by atoms with E-state index in [0.717, 1.165) is 16.7 Å². The van der Waals surface area contributed by atoms with Gasteiger partial charge in [0.2, 0.25) is 0 Å². The number of alkyl halides is 2. The van der Waals surface area contributed by atoms with Crippen molar-refractivity contribution < 1.29 is 18.8 Å². The number of hydrogen-bond donors (Lipinski definition) is 4. The quantitative estimate of drug-likeness (QED) is 0.279. The van der Waals surface area contributed by atoms with Crippen molar-refractivity contribution in [2.75, 3.05) is 20.6 Å². The molecular formula is C23H28F2N4O2. The number of hydrogen-bond acceptors (Lipinski definition) is 5. The van der Waals surface area contributed by atoms with E-state index in [2.05, 4.69) is 28.0 Å². The van der Waals surface area contributed by atoms with Crippen molar-refractivity contribution in [3.63, 3.8) is 0 Å². The highest BCUT2D eigenvalue weighted by molar-refractivity contribution is 5.94. The van der Waals surface area contributed by atoms with E-state index in [1.165, 1.54) is 0 Å². The van der Waals surface area contributed by atoms with E-state index in [9.17, 15) is 13.6 Å². The zero-order valence-corrected chi connectivity index (χ0v) is 17.8. The summed E-state index contributed by atoms with van der Waals surface area (Å²) in [6.45, 7) is 1.87. The molecule has 4 N–H and O–H groups in total. The Morgan fingerprint density at radius 3 is 2.10 bits per heavy atom. The largest absolute Gasteiger partial charge is 0.336 e. The first kappa shape index (κ1) is 24.4. The fourth-order valence-corrected chi connectivity index (χ4v) is 2.90. The van der Waals surface area contributed by atoms with Gasteiger partial charge in [-0.25, -0.2) is 8.78 Å². The first-order valence-electron chi connectivity index (χ1n) is 9.89.